The zero-order chi connectivity index (χ0) is 26.8. The average molecular weight is 531 g/mol. The van der Waals surface area contributed by atoms with Crippen molar-refractivity contribution in [3.63, 3.8) is 0 Å². The molecule has 1 saturated carbocycles. The van der Waals surface area contributed by atoms with Crippen LogP contribution in [-0.2, 0) is 7.05 Å². The molecule has 2 aromatic rings. The van der Waals surface area contributed by atoms with Crippen molar-refractivity contribution in [1.29, 1.82) is 0 Å². The fourth-order valence-corrected chi connectivity index (χ4v) is 5.68. The van der Waals surface area contributed by atoms with Crippen molar-refractivity contribution in [3.8, 4) is 0 Å². The van der Waals surface area contributed by atoms with Gasteiger partial charge >= 0.3 is 6.18 Å². The Labute approximate surface area is 217 Å². The number of likely N-dealkylation sites (tertiary alicyclic amines) is 1. The van der Waals surface area contributed by atoms with Gasteiger partial charge in [-0.25, -0.2) is 8.78 Å². The molecule has 0 spiro atoms. The summed E-state index contributed by atoms with van der Waals surface area (Å²) in [5, 5.41) is 8.41. The van der Waals surface area contributed by atoms with Crippen LogP contribution in [0.15, 0.2) is 78.3 Å². The largest absolute Gasteiger partial charge is 0.418 e. The second kappa shape index (κ2) is 8.79. The van der Waals surface area contributed by atoms with E-state index in [2.05, 4.69) is 16.8 Å². The van der Waals surface area contributed by atoms with Gasteiger partial charge in [-0.3, -0.25) is 4.90 Å². The van der Waals surface area contributed by atoms with Gasteiger partial charge in [-0.05, 0) is 48.1 Å². The highest BCUT2D eigenvalue weighted by Crippen LogP contribution is 2.46. The number of aryl methyl sites for hydroxylation is 1. The van der Waals surface area contributed by atoms with Gasteiger partial charge in [0.1, 0.15) is 18.0 Å². The molecule has 0 N–H and O–H groups in total. The van der Waals surface area contributed by atoms with E-state index in [0.29, 0.717) is 23.0 Å². The first-order valence-corrected chi connectivity index (χ1v) is 12.5. The normalized spacial score (nSPS) is 22.4. The van der Waals surface area contributed by atoms with Crippen molar-refractivity contribution >= 4 is 5.69 Å². The molecular formula is C27H27F5N6. The van der Waals surface area contributed by atoms with Crippen LogP contribution in [0, 0.1) is 5.92 Å². The molecule has 6 nitrogen and oxygen atoms in total. The zero-order valence-corrected chi connectivity index (χ0v) is 20.8. The predicted molar refractivity (Wildman–Crippen MR) is 132 cm³/mol. The Morgan fingerprint density at radius 2 is 1.89 bits per heavy atom. The van der Waals surface area contributed by atoms with Gasteiger partial charge in [-0.1, -0.05) is 25.1 Å². The van der Waals surface area contributed by atoms with Crippen LogP contribution in [0.1, 0.15) is 36.6 Å². The third kappa shape index (κ3) is 4.32. The number of fused-ring (bicyclic) bond motifs is 1. The van der Waals surface area contributed by atoms with Gasteiger partial charge in [0.25, 0.3) is 5.92 Å². The average Bonchev–Trinajstić information content (AvgIpc) is 3.37. The van der Waals surface area contributed by atoms with Crippen LogP contribution in [0.5, 0.6) is 0 Å². The molecular weight excluding hydrogens is 503 g/mol. The molecule has 3 aliphatic heterocycles. The van der Waals surface area contributed by atoms with E-state index in [1.54, 1.807) is 17.4 Å². The summed E-state index contributed by atoms with van der Waals surface area (Å²) in [6.07, 6.45) is 4.39. The maximum absolute atomic E-state index is 14.1. The Balaban J connectivity index is 1.32. The SMILES string of the molecule is C=C1N2C=C(CN3CC(F)(F)C3)C=C(C(F)(F)F)C2=CN1c1cccc(C(c2nncn2C)C2CCC2)c1. The number of hydrogen-bond donors (Lipinski definition) is 0. The minimum atomic E-state index is -4.62. The lowest BCUT2D eigenvalue weighted by Gasteiger charge is -2.39. The van der Waals surface area contributed by atoms with E-state index in [-0.39, 0.29) is 18.2 Å². The molecule has 2 fully saturated rings. The molecule has 1 saturated heterocycles. The van der Waals surface area contributed by atoms with Crippen molar-refractivity contribution in [3.05, 3.63) is 89.7 Å². The molecule has 6 rings (SSSR count). The molecule has 4 heterocycles. The second-order valence-electron chi connectivity index (χ2n) is 10.5. The van der Waals surface area contributed by atoms with Gasteiger partial charge in [-0.2, -0.15) is 13.2 Å². The standard InChI is InChI=1S/C27H27F5N6/c1-17-37(21-8-4-7-20(10-21)24(19-5-3-6-19)25-34-33-16-35(25)2)13-23-22(27(30,31)32)9-18(12-38(17)23)11-36-14-26(28,29)15-36/h4,7-10,12-13,16,19,24H,1,3,5-6,11,14-15H2,2H3. The molecule has 0 bridgehead atoms. The Kier molecular flexibility index (Phi) is 5.75. The van der Waals surface area contributed by atoms with Gasteiger partial charge < -0.3 is 14.4 Å². The molecule has 0 amide bonds. The molecule has 200 valence electrons. The molecule has 1 aromatic heterocycles. The molecule has 1 aromatic carbocycles. The lowest BCUT2D eigenvalue weighted by molar-refractivity contribution is -0.126. The Bertz CT molecular complexity index is 1360. The topological polar surface area (TPSA) is 40.4 Å². The lowest BCUT2D eigenvalue weighted by atomic mass is 9.72. The van der Waals surface area contributed by atoms with E-state index < -0.39 is 30.8 Å². The van der Waals surface area contributed by atoms with E-state index >= 15 is 0 Å². The summed E-state index contributed by atoms with van der Waals surface area (Å²) < 4.78 is 70.8. The van der Waals surface area contributed by atoms with Gasteiger partial charge in [0.05, 0.1) is 24.4 Å². The molecule has 1 aliphatic carbocycles. The predicted octanol–water partition coefficient (Wildman–Crippen LogP) is 5.52. The number of nitrogens with zero attached hydrogens (tertiary/aromatic N) is 6. The first-order valence-electron chi connectivity index (χ1n) is 12.5. The molecule has 38 heavy (non-hydrogen) atoms. The molecule has 1 atom stereocenters. The molecule has 11 heteroatoms. The zero-order valence-electron chi connectivity index (χ0n) is 20.8. The number of alkyl halides is 5. The number of allylic oxidation sites excluding steroid dienone is 1. The van der Waals surface area contributed by atoms with E-state index in [1.807, 2.05) is 35.9 Å². The van der Waals surface area contributed by atoms with E-state index in [4.69, 9.17) is 0 Å². The Hall–Kier alpha value is -3.47. The fourth-order valence-electron chi connectivity index (χ4n) is 5.68. The maximum Gasteiger partial charge on any atom is 0.418 e. The number of rotatable bonds is 6. The van der Waals surface area contributed by atoms with Crippen molar-refractivity contribution in [2.45, 2.75) is 37.3 Å². The van der Waals surface area contributed by atoms with Crippen LogP contribution in [0.4, 0.5) is 27.6 Å². The third-order valence-corrected chi connectivity index (χ3v) is 7.74. The van der Waals surface area contributed by atoms with E-state index in [9.17, 15) is 22.0 Å². The van der Waals surface area contributed by atoms with Crippen LogP contribution >= 0.6 is 0 Å². The van der Waals surface area contributed by atoms with Crippen LogP contribution in [0.25, 0.3) is 0 Å². The fraction of sp³-hybridized carbons (Fsp3) is 0.407. The third-order valence-electron chi connectivity index (χ3n) is 7.74. The number of hydrogen-bond acceptors (Lipinski definition) is 5. The van der Waals surface area contributed by atoms with Crippen LogP contribution in [0.3, 0.4) is 0 Å². The summed E-state index contributed by atoms with van der Waals surface area (Å²) in [5.41, 5.74) is 1.12. The van der Waals surface area contributed by atoms with Crippen molar-refractivity contribution in [2.24, 2.45) is 13.0 Å². The first kappa shape index (κ1) is 24.8. The van der Waals surface area contributed by atoms with Crippen molar-refractivity contribution < 1.29 is 22.0 Å². The quantitative estimate of drug-likeness (QED) is 0.460. The van der Waals surface area contributed by atoms with E-state index in [0.717, 1.165) is 36.7 Å². The highest BCUT2D eigenvalue weighted by Gasteiger charge is 2.46. The van der Waals surface area contributed by atoms with Gasteiger partial charge in [0.2, 0.25) is 0 Å². The van der Waals surface area contributed by atoms with Crippen molar-refractivity contribution in [1.82, 2.24) is 24.6 Å². The van der Waals surface area contributed by atoms with Gasteiger partial charge in [0.15, 0.2) is 0 Å². The summed E-state index contributed by atoms with van der Waals surface area (Å²) in [4.78, 5) is 4.47. The summed E-state index contributed by atoms with van der Waals surface area (Å²) in [6.45, 7) is 3.16. The first-order chi connectivity index (χ1) is 18.0. The summed E-state index contributed by atoms with van der Waals surface area (Å²) in [5.74, 6) is -1.17. The summed E-state index contributed by atoms with van der Waals surface area (Å²) >= 11 is 0. The Morgan fingerprint density at radius 3 is 2.50 bits per heavy atom. The van der Waals surface area contributed by atoms with Gasteiger partial charge in [-0.15, -0.1) is 10.2 Å². The highest BCUT2D eigenvalue weighted by atomic mass is 19.4. The lowest BCUT2D eigenvalue weighted by Crippen LogP contribution is -2.56. The molecule has 4 aliphatic rings. The van der Waals surface area contributed by atoms with Crippen LogP contribution in [0.2, 0.25) is 0 Å². The van der Waals surface area contributed by atoms with Crippen LogP contribution in [-0.4, -0.2) is 56.3 Å². The Morgan fingerprint density at radius 1 is 1.13 bits per heavy atom. The smallest absolute Gasteiger partial charge is 0.320 e. The summed E-state index contributed by atoms with van der Waals surface area (Å²) in [7, 11) is 1.91. The van der Waals surface area contributed by atoms with Crippen molar-refractivity contribution in [2.75, 3.05) is 24.5 Å². The molecule has 1 unspecified atom stereocenters. The molecule has 0 radical (unpaired) electrons. The minimum absolute atomic E-state index is 0.00246. The highest BCUT2D eigenvalue weighted by molar-refractivity contribution is 5.64. The number of aromatic nitrogens is 3. The van der Waals surface area contributed by atoms with E-state index in [1.165, 1.54) is 16.0 Å². The number of benzene rings is 1. The summed E-state index contributed by atoms with van der Waals surface area (Å²) in [6, 6.07) is 7.72. The van der Waals surface area contributed by atoms with Gasteiger partial charge in [0, 0.05) is 37.6 Å². The monoisotopic (exact) mass is 530 g/mol. The number of halogens is 5. The second-order valence-corrected chi connectivity index (χ2v) is 10.5. The van der Waals surface area contributed by atoms with Crippen LogP contribution < -0.4 is 4.90 Å². The maximum atomic E-state index is 14.1. The number of anilines is 1. The minimum Gasteiger partial charge on any atom is -0.320 e.